The molecule has 0 aromatic heterocycles. The second-order valence-corrected chi connectivity index (χ2v) is 13.5. The first kappa shape index (κ1) is 36.8. The fourth-order valence-electron chi connectivity index (χ4n) is 0.311. The summed E-state index contributed by atoms with van der Waals surface area (Å²) in [7, 11) is 1.76. The lowest BCUT2D eigenvalue weighted by atomic mass is 11.8. The molecule has 0 bridgehead atoms. The van der Waals surface area contributed by atoms with Gasteiger partial charge in [-0.1, -0.05) is 64.4 Å². The van der Waals surface area contributed by atoms with Crippen LogP contribution in [0, 0.1) is 0 Å². The van der Waals surface area contributed by atoms with E-state index in [9.17, 15) is 0 Å². The van der Waals surface area contributed by atoms with Gasteiger partial charge in [0.25, 0.3) is 0 Å². The minimum absolute atomic E-state index is 0. The fraction of sp³-hybridized carbons (Fsp3) is 1.00. The van der Waals surface area contributed by atoms with Crippen molar-refractivity contribution in [2.24, 2.45) is 0 Å². The van der Waals surface area contributed by atoms with E-state index in [-0.39, 0.29) is 29.7 Å². The second-order valence-electron chi connectivity index (χ2n) is 3.83. The molecule has 0 saturated carbocycles. The van der Waals surface area contributed by atoms with Gasteiger partial charge in [0, 0.05) is 7.11 Å². The van der Waals surface area contributed by atoms with Gasteiger partial charge in [-0.15, -0.1) is 0 Å². The maximum absolute atomic E-state index is 5.44. The molecule has 0 amide bonds. The minimum Gasteiger partial charge on any atom is -0.618 e. The van der Waals surface area contributed by atoms with Crippen molar-refractivity contribution in [3.63, 3.8) is 0 Å². The molecule has 0 saturated heterocycles. The Morgan fingerprint density at radius 1 is 0.611 bits per heavy atom. The van der Waals surface area contributed by atoms with Crippen LogP contribution in [0.1, 0.15) is 29.7 Å². The Kier molecular flexibility index (Phi) is 56.0. The topological polar surface area (TPSA) is 27.7 Å². The molecule has 0 aromatic rings. The van der Waals surface area contributed by atoms with E-state index in [0.29, 0.717) is 0 Å². The highest BCUT2D eigenvalue weighted by atomic mass is 27.3. The molecule has 0 rings (SSSR count). The Morgan fingerprint density at radius 3 is 0.944 bits per heavy atom. The van der Waals surface area contributed by atoms with E-state index in [4.69, 9.17) is 9.47 Å². The van der Waals surface area contributed by atoms with Crippen LogP contribution in [-0.4, -0.2) is 66.4 Å². The molecule has 0 unspecified atom stereocenters. The molecule has 0 aliphatic heterocycles. The lowest BCUT2D eigenvalue weighted by molar-refractivity contribution is 0.430. The molecule has 0 radical (unpaired) electrons. The number of hydrogen-bond acceptors (Lipinski definition) is 3. The zero-order valence-corrected chi connectivity index (χ0v) is 15.5. The molecule has 0 aromatic carbocycles. The van der Waals surface area contributed by atoms with Crippen LogP contribution in [-0.2, 0) is 9.47 Å². The SMILES string of the molecule is C.C.C.C.C[O][Al]([CH3])[CH3].[CH3][Al]([CH3])[O][AlH][O][Al]([CH3])[CH3]. The van der Waals surface area contributed by atoms with Crippen molar-refractivity contribution in [2.45, 2.75) is 64.4 Å². The van der Waals surface area contributed by atoms with Gasteiger partial charge in [-0.2, -0.15) is 0 Å². The van der Waals surface area contributed by atoms with Gasteiger partial charge in [-0.05, 0) is 0 Å². The van der Waals surface area contributed by atoms with Gasteiger partial charge in [0.2, 0.25) is 0 Å². The third kappa shape index (κ3) is 52.0. The largest absolute Gasteiger partial charge is 0.618 e. The van der Waals surface area contributed by atoms with Crippen molar-refractivity contribution in [3.8, 4) is 0 Å². The lowest BCUT2D eigenvalue weighted by Crippen LogP contribution is -2.19. The highest BCUT2D eigenvalue weighted by molar-refractivity contribution is 6.59. The van der Waals surface area contributed by atoms with Gasteiger partial charge in [0.05, 0.1) is 0 Å². The average molecular weight is 326 g/mol. The zero-order valence-electron chi connectivity index (χ0n) is 10.7. The van der Waals surface area contributed by atoms with Crippen LogP contribution in [0.25, 0.3) is 0 Å². The van der Waals surface area contributed by atoms with E-state index in [1.165, 1.54) is 0 Å². The summed E-state index contributed by atoms with van der Waals surface area (Å²) in [5.74, 6) is 13.0. The molecule has 0 N–H and O–H groups in total. The predicted octanol–water partition coefficient (Wildman–Crippen LogP) is 4.22. The third-order valence-corrected chi connectivity index (χ3v) is 8.64. The van der Waals surface area contributed by atoms with E-state index in [1.54, 1.807) is 7.11 Å². The molecule has 112 valence electrons. The van der Waals surface area contributed by atoms with E-state index in [1.807, 2.05) is 0 Å². The first-order chi connectivity index (χ1) is 6.40. The number of hydrogen-bond donors (Lipinski definition) is 0. The van der Waals surface area contributed by atoms with Crippen molar-refractivity contribution in [3.05, 3.63) is 0 Å². The summed E-state index contributed by atoms with van der Waals surface area (Å²) in [4.78, 5) is 0. The van der Waals surface area contributed by atoms with E-state index in [2.05, 4.69) is 34.7 Å². The molecule has 0 aliphatic rings. The summed E-state index contributed by atoms with van der Waals surface area (Å²) in [5.41, 5.74) is 0. The summed E-state index contributed by atoms with van der Waals surface area (Å²) in [6, 6.07) is 0. The first-order valence-corrected chi connectivity index (χ1v) is 14.7. The Morgan fingerprint density at radius 2 is 0.833 bits per heavy atom. The Bertz CT molecular complexity index is 106. The smallest absolute Gasteiger partial charge is 0.587 e. The maximum atomic E-state index is 5.44. The summed E-state index contributed by atoms with van der Waals surface area (Å²) in [5, 5.41) is 0. The molecule has 3 nitrogen and oxygen atoms in total. The van der Waals surface area contributed by atoms with Crippen LogP contribution in [0.5, 0.6) is 0 Å². The molecule has 0 aliphatic carbocycles. The predicted molar refractivity (Wildman–Crippen MR) is 95.7 cm³/mol. The monoisotopic (exact) mass is 326 g/mol. The Labute approximate surface area is 139 Å². The highest BCUT2D eigenvalue weighted by Crippen LogP contribution is 1.85. The van der Waals surface area contributed by atoms with Crippen molar-refractivity contribution in [2.75, 3.05) is 7.11 Å². The van der Waals surface area contributed by atoms with Crippen LogP contribution < -0.4 is 0 Å². The first-order valence-electron chi connectivity index (χ1n) is 5.16. The van der Waals surface area contributed by atoms with Crippen molar-refractivity contribution < 1.29 is 9.47 Å². The molecule has 18 heavy (non-hydrogen) atoms. The van der Waals surface area contributed by atoms with Crippen LogP contribution in [0.3, 0.4) is 0 Å². The molecular weight excluding hydrogens is 288 g/mol. The third-order valence-electron chi connectivity index (χ3n) is 1.27. The number of rotatable bonds is 5. The standard InChI is InChI=1S/CH3O.4CH4.6CH3.4Al.2O.H/c1-2;;;;;;;;;;;;;;;;;/h1H3;4*1H4;6*1H3;;;;;;;/q-1;;;;;;;;;;;;;;+1;;;. The fourth-order valence-corrected chi connectivity index (χ4v) is 3.51. The minimum atomic E-state index is -0.770. The van der Waals surface area contributed by atoms with Gasteiger partial charge in [0.15, 0.2) is 0 Å². The van der Waals surface area contributed by atoms with Gasteiger partial charge in [0.1, 0.15) is 0 Å². The normalized spacial score (nSPS) is 6.61. The molecule has 0 spiro atoms. The van der Waals surface area contributed by atoms with Crippen LogP contribution in [0.4, 0.5) is 0 Å². The van der Waals surface area contributed by atoms with Gasteiger partial charge in [-0.3, -0.25) is 0 Å². The maximum Gasteiger partial charge on any atom is 0.587 e. The van der Waals surface area contributed by atoms with Crippen LogP contribution >= 0.6 is 0 Å². The Balaban J connectivity index is -0.0000000359. The van der Waals surface area contributed by atoms with Crippen LogP contribution in [0.15, 0.2) is 0 Å². The van der Waals surface area contributed by atoms with Gasteiger partial charge < -0.3 is 9.47 Å². The zero-order chi connectivity index (χ0) is 11.6. The summed E-state index contributed by atoms with van der Waals surface area (Å²) in [6.07, 6.45) is 0. The van der Waals surface area contributed by atoms with Crippen molar-refractivity contribution in [1.82, 2.24) is 0 Å². The summed E-state index contributed by atoms with van der Waals surface area (Å²) >= 11 is -2.75. The Hall–Kier alpha value is 2.01. The molecule has 0 atom stereocenters. The molecule has 0 fully saturated rings. The average Bonchev–Trinajstić information content (AvgIpc) is 2.04. The van der Waals surface area contributed by atoms with Crippen LogP contribution in [0.2, 0.25) is 34.7 Å². The molecule has 0 heterocycles. The summed E-state index contributed by atoms with van der Waals surface area (Å²) in [6.45, 7) is 0. The van der Waals surface area contributed by atoms with Crippen molar-refractivity contribution in [1.29, 1.82) is 0 Å². The van der Waals surface area contributed by atoms with Crippen molar-refractivity contribution >= 4 is 59.3 Å². The van der Waals surface area contributed by atoms with E-state index in [0.717, 1.165) is 0 Å². The second kappa shape index (κ2) is 27.4. The van der Waals surface area contributed by atoms with E-state index < -0.39 is 59.3 Å². The molecule has 7 heteroatoms. The van der Waals surface area contributed by atoms with Gasteiger partial charge in [-0.25, -0.2) is 0 Å². The van der Waals surface area contributed by atoms with E-state index >= 15 is 0 Å². The quantitative estimate of drug-likeness (QED) is 0.708. The molecular formula is C11H38Al4O3. The van der Waals surface area contributed by atoms with Gasteiger partial charge >= 0.3 is 59.3 Å². The highest BCUT2D eigenvalue weighted by Gasteiger charge is 2.09. The lowest BCUT2D eigenvalue weighted by Gasteiger charge is -2.05. The summed E-state index contributed by atoms with van der Waals surface area (Å²) < 4.78 is 15.8.